The van der Waals surface area contributed by atoms with Gasteiger partial charge >= 0.3 is 0 Å². The minimum Gasteiger partial charge on any atom is -0.345 e. The molecule has 108 valence electrons. The minimum absolute atomic E-state index is 0. The van der Waals surface area contributed by atoms with Crippen molar-refractivity contribution in [1.29, 1.82) is 0 Å². The van der Waals surface area contributed by atoms with E-state index in [2.05, 4.69) is 5.32 Å². The van der Waals surface area contributed by atoms with Crippen molar-refractivity contribution in [2.24, 2.45) is 5.73 Å². The summed E-state index contributed by atoms with van der Waals surface area (Å²) in [6.45, 7) is 4.33. The van der Waals surface area contributed by atoms with Gasteiger partial charge in [0.1, 0.15) is 5.82 Å². The first-order valence-corrected chi connectivity index (χ1v) is 7.03. The summed E-state index contributed by atoms with van der Waals surface area (Å²) < 4.78 is 13.9. The number of nitrogens with two attached hydrogens (primary N) is 1. The number of nitrogens with one attached hydrogen (secondary N) is 1. The lowest BCUT2D eigenvalue weighted by atomic mass is 9.92. The second-order valence-corrected chi connectivity index (χ2v) is 5.44. The molecule has 1 aromatic rings. The van der Waals surface area contributed by atoms with Crippen LogP contribution in [0.4, 0.5) is 4.39 Å². The standard InChI is InChI=1S/C13H18FIN2O.ClH/c1-3-13(4-2,8-16)17-12(18)9-5-6-11(15)10(14)7-9;/h5-7H,3-4,8,16H2,1-2H3,(H,17,18);1H. The molecule has 3 nitrogen and oxygen atoms in total. The molecule has 19 heavy (non-hydrogen) atoms. The molecule has 0 fully saturated rings. The topological polar surface area (TPSA) is 55.1 Å². The van der Waals surface area contributed by atoms with E-state index in [1.807, 2.05) is 36.4 Å². The third-order valence-corrected chi connectivity index (χ3v) is 4.18. The average molecular weight is 401 g/mol. The van der Waals surface area contributed by atoms with Crippen LogP contribution in [0.2, 0.25) is 0 Å². The summed E-state index contributed by atoms with van der Waals surface area (Å²) in [4.78, 5) is 12.1. The number of benzene rings is 1. The van der Waals surface area contributed by atoms with E-state index >= 15 is 0 Å². The molecule has 0 atom stereocenters. The molecule has 0 aliphatic rings. The van der Waals surface area contributed by atoms with Crippen LogP contribution >= 0.6 is 35.0 Å². The molecule has 0 spiro atoms. The number of hydrogen-bond acceptors (Lipinski definition) is 2. The van der Waals surface area contributed by atoms with Crippen LogP contribution in [0.5, 0.6) is 0 Å². The summed E-state index contributed by atoms with van der Waals surface area (Å²) in [5.41, 5.74) is 5.64. The van der Waals surface area contributed by atoms with Gasteiger partial charge in [0.15, 0.2) is 0 Å². The summed E-state index contributed by atoms with van der Waals surface area (Å²) in [5, 5.41) is 2.91. The second kappa shape index (κ2) is 8.01. The lowest BCUT2D eigenvalue weighted by Crippen LogP contribution is -2.52. The van der Waals surface area contributed by atoms with Crippen molar-refractivity contribution in [2.45, 2.75) is 32.2 Å². The molecule has 0 heterocycles. The van der Waals surface area contributed by atoms with Crippen molar-refractivity contribution in [2.75, 3.05) is 6.54 Å². The SMILES string of the molecule is CCC(CC)(CN)NC(=O)c1ccc(I)c(F)c1.Cl. The first kappa shape index (κ1) is 18.6. The Balaban J connectivity index is 0.00000324. The van der Waals surface area contributed by atoms with Gasteiger partial charge < -0.3 is 11.1 Å². The number of halogens is 3. The molecule has 3 N–H and O–H groups in total. The summed E-state index contributed by atoms with van der Waals surface area (Å²) in [7, 11) is 0. The van der Waals surface area contributed by atoms with Gasteiger partial charge in [-0.2, -0.15) is 0 Å². The highest BCUT2D eigenvalue weighted by atomic mass is 127. The highest BCUT2D eigenvalue weighted by Gasteiger charge is 2.26. The molecule has 0 saturated carbocycles. The van der Waals surface area contributed by atoms with Gasteiger partial charge in [0.05, 0.1) is 5.54 Å². The summed E-state index contributed by atoms with van der Waals surface area (Å²) in [6.07, 6.45) is 1.50. The van der Waals surface area contributed by atoms with E-state index in [0.717, 1.165) is 12.8 Å². The smallest absolute Gasteiger partial charge is 0.251 e. The van der Waals surface area contributed by atoms with Crippen molar-refractivity contribution in [3.63, 3.8) is 0 Å². The molecule has 0 unspecified atom stereocenters. The van der Waals surface area contributed by atoms with E-state index in [9.17, 15) is 9.18 Å². The van der Waals surface area contributed by atoms with Crippen molar-refractivity contribution in [1.82, 2.24) is 5.32 Å². The Labute approximate surface area is 133 Å². The van der Waals surface area contributed by atoms with Crippen LogP contribution in [0.1, 0.15) is 37.0 Å². The van der Waals surface area contributed by atoms with Gasteiger partial charge in [-0.05, 0) is 53.6 Å². The Kier molecular flexibility index (Phi) is 7.85. The maximum absolute atomic E-state index is 13.4. The van der Waals surface area contributed by atoms with E-state index in [-0.39, 0.29) is 24.1 Å². The Bertz CT molecular complexity index is 430. The molecule has 0 saturated heterocycles. The molecular weight excluding hydrogens is 382 g/mol. The van der Waals surface area contributed by atoms with Gasteiger partial charge in [0.2, 0.25) is 0 Å². The van der Waals surface area contributed by atoms with E-state index < -0.39 is 5.54 Å². The largest absolute Gasteiger partial charge is 0.345 e. The van der Waals surface area contributed by atoms with Gasteiger partial charge in [0, 0.05) is 15.7 Å². The molecule has 6 heteroatoms. The van der Waals surface area contributed by atoms with E-state index in [0.29, 0.717) is 15.7 Å². The van der Waals surface area contributed by atoms with Gasteiger partial charge in [-0.15, -0.1) is 12.4 Å². The summed E-state index contributed by atoms with van der Waals surface area (Å²) in [5.74, 6) is -0.658. The molecule has 0 radical (unpaired) electrons. The lowest BCUT2D eigenvalue weighted by Gasteiger charge is -2.31. The Morgan fingerprint density at radius 3 is 2.42 bits per heavy atom. The third-order valence-electron chi connectivity index (χ3n) is 3.30. The Morgan fingerprint density at radius 1 is 1.42 bits per heavy atom. The normalized spacial score (nSPS) is 10.8. The quantitative estimate of drug-likeness (QED) is 0.746. The highest BCUT2D eigenvalue weighted by Crippen LogP contribution is 2.16. The van der Waals surface area contributed by atoms with Crippen molar-refractivity contribution >= 4 is 40.9 Å². The zero-order valence-corrected chi connectivity index (χ0v) is 14.0. The highest BCUT2D eigenvalue weighted by molar-refractivity contribution is 14.1. The molecule has 1 amide bonds. The number of amides is 1. The van der Waals surface area contributed by atoms with Gasteiger partial charge in [-0.25, -0.2) is 4.39 Å². The first-order valence-electron chi connectivity index (χ1n) is 5.95. The third kappa shape index (κ3) is 4.57. The Hall–Kier alpha value is -0.400. The fourth-order valence-corrected chi connectivity index (χ4v) is 2.05. The fraction of sp³-hybridized carbons (Fsp3) is 0.462. The Morgan fingerprint density at radius 2 is 2.00 bits per heavy atom. The minimum atomic E-state index is -0.406. The lowest BCUT2D eigenvalue weighted by molar-refractivity contribution is 0.0895. The van der Waals surface area contributed by atoms with Gasteiger partial charge in [-0.1, -0.05) is 13.8 Å². The van der Waals surface area contributed by atoms with Crippen LogP contribution in [0.3, 0.4) is 0 Å². The summed E-state index contributed by atoms with van der Waals surface area (Å²) >= 11 is 1.89. The van der Waals surface area contributed by atoms with Crippen LogP contribution in [0.15, 0.2) is 18.2 Å². The van der Waals surface area contributed by atoms with Crippen LogP contribution < -0.4 is 11.1 Å². The van der Waals surface area contributed by atoms with Gasteiger partial charge in [-0.3, -0.25) is 4.79 Å². The maximum Gasteiger partial charge on any atom is 0.251 e. The van der Waals surface area contributed by atoms with Crippen molar-refractivity contribution in [3.05, 3.63) is 33.1 Å². The molecule has 1 aromatic carbocycles. The van der Waals surface area contributed by atoms with Crippen LogP contribution in [0, 0.1) is 9.39 Å². The summed E-state index contributed by atoms with van der Waals surface area (Å²) in [6, 6.07) is 4.46. The monoisotopic (exact) mass is 400 g/mol. The first-order chi connectivity index (χ1) is 8.48. The predicted octanol–water partition coefficient (Wildman–Crippen LogP) is 3.10. The predicted molar refractivity (Wildman–Crippen MR) is 86.2 cm³/mol. The van der Waals surface area contributed by atoms with E-state index in [1.165, 1.54) is 6.07 Å². The molecule has 0 bridgehead atoms. The zero-order chi connectivity index (χ0) is 13.8. The van der Waals surface area contributed by atoms with Crippen LogP contribution in [-0.2, 0) is 0 Å². The molecule has 1 rings (SSSR count). The zero-order valence-electron chi connectivity index (χ0n) is 11.0. The maximum atomic E-state index is 13.4. The van der Waals surface area contributed by atoms with Crippen molar-refractivity contribution < 1.29 is 9.18 Å². The number of carbonyl (C=O) groups is 1. The van der Waals surface area contributed by atoms with E-state index in [1.54, 1.807) is 12.1 Å². The number of carbonyl (C=O) groups excluding carboxylic acids is 1. The van der Waals surface area contributed by atoms with Crippen LogP contribution in [-0.4, -0.2) is 18.0 Å². The second-order valence-electron chi connectivity index (χ2n) is 4.27. The number of hydrogen-bond donors (Lipinski definition) is 2. The number of rotatable bonds is 5. The molecule has 0 aromatic heterocycles. The van der Waals surface area contributed by atoms with Gasteiger partial charge in [0.25, 0.3) is 5.91 Å². The molecular formula is C13H19ClFIN2O. The van der Waals surface area contributed by atoms with Crippen LogP contribution in [0.25, 0.3) is 0 Å². The molecule has 0 aliphatic heterocycles. The van der Waals surface area contributed by atoms with Crippen molar-refractivity contribution in [3.8, 4) is 0 Å². The molecule has 0 aliphatic carbocycles. The fourth-order valence-electron chi connectivity index (χ4n) is 1.72. The van der Waals surface area contributed by atoms with E-state index in [4.69, 9.17) is 5.73 Å². The average Bonchev–Trinajstić information content (AvgIpc) is 2.39.